The van der Waals surface area contributed by atoms with Crippen LogP contribution in [0.1, 0.15) is 18.4 Å². The zero-order valence-electron chi connectivity index (χ0n) is 15.6. The maximum absolute atomic E-state index is 12.1. The monoisotopic (exact) mass is 391 g/mol. The summed E-state index contributed by atoms with van der Waals surface area (Å²) in [6, 6.07) is 5.96. The molecule has 2 N–H and O–H groups in total. The van der Waals surface area contributed by atoms with E-state index in [0.717, 1.165) is 61.1 Å². The van der Waals surface area contributed by atoms with Gasteiger partial charge < -0.3 is 20.3 Å². The number of hydrogen-bond donors (Lipinski definition) is 2. The average molecular weight is 392 g/mol. The molecule has 1 amide bonds. The number of amidine groups is 1. The molecule has 1 aromatic carbocycles. The third kappa shape index (κ3) is 3.63. The molecule has 1 fully saturated rings. The van der Waals surface area contributed by atoms with Crippen molar-refractivity contribution in [3.8, 4) is 0 Å². The summed E-state index contributed by atoms with van der Waals surface area (Å²) in [5.41, 5.74) is 2.04. The van der Waals surface area contributed by atoms with Crippen LogP contribution >= 0.6 is 11.6 Å². The fourth-order valence-corrected chi connectivity index (χ4v) is 4.43. The molecule has 1 saturated heterocycles. The molecule has 1 aromatic rings. The van der Waals surface area contributed by atoms with Crippen molar-refractivity contribution in [2.24, 2.45) is 4.99 Å². The molecule has 0 radical (unpaired) electrons. The highest BCUT2D eigenvalue weighted by Crippen LogP contribution is 2.40. The molecule has 0 atom stereocenters. The van der Waals surface area contributed by atoms with Gasteiger partial charge in [-0.3, -0.25) is 14.7 Å². The first-order valence-corrected chi connectivity index (χ1v) is 9.87. The molecule has 1 spiro atoms. The van der Waals surface area contributed by atoms with E-state index in [1.165, 1.54) is 0 Å². The van der Waals surface area contributed by atoms with Gasteiger partial charge in [0, 0.05) is 62.4 Å². The molecule has 3 aliphatic heterocycles. The highest BCUT2D eigenvalue weighted by molar-refractivity contribution is 6.31. The summed E-state index contributed by atoms with van der Waals surface area (Å²) >= 11 is 6.22. The van der Waals surface area contributed by atoms with Crippen LogP contribution in [0.25, 0.3) is 0 Å². The van der Waals surface area contributed by atoms with E-state index in [1.54, 1.807) is 7.11 Å². The van der Waals surface area contributed by atoms with E-state index in [1.807, 2.05) is 18.2 Å². The molecule has 8 heteroatoms. The lowest BCUT2D eigenvalue weighted by Crippen LogP contribution is -2.63. The fraction of sp³-hybridized carbons (Fsp3) is 0.579. The second-order valence-corrected chi connectivity index (χ2v) is 7.76. The zero-order chi connectivity index (χ0) is 18.9. The number of piperidine rings is 1. The van der Waals surface area contributed by atoms with Crippen LogP contribution in [0.3, 0.4) is 0 Å². The van der Waals surface area contributed by atoms with E-state index in [0.29, 0.717) is 19.7 Å². The summed E-state index contributed by atoms with van der Waals surface area (Å²) in [4.78, 5) is 21.5. The molecule has 0 aliphatic carbocycles. The standard InChI is InChI=1S/C19H26ClN5O2/c1-27-11-7-21-17(26)13-24-8-4-19(5-9-24)23-16-12-14(20)2-3-15(16)18-22-6-10-25(18)19/h2-3,12,23H,4-11,13H2,1H3,(H,21,26). The Balaban J connectivity index is 1.43. The topological polar surface area (TPSA) is 69.2 Å². The van der Waals surface area contributed by atoms with Crippen LogP contribution in [-0.2, 0) is 9.53 Å². The van der Waals surface area contributed by atoms with Crippen molar-refractivity contribution in [2.75, 3.05) is 58.3 Å². The van der Waals surface area contributed by atoms with Gasteiger partial charge in [-0.05, 0) is 18.2 Å². The summed E-state index contributed by atoms with van der Waals surface area (Å²) in [6.07, 6.45) is 1.87. The van der Waals surface area contributed by atoms with Crippen LogP contribution in [0, 0.1) is 0 Å². The number of methoxy groups -OCH3 is 1. The minimum absolute atomic E-state index is 0.0557. The maximum Gasteiger partial charge on any atom is 0.234 e. The Bertz CT molecular complexity index is 746. The van der Waals surface area contributed by atoms with E-state index >= 15 is 0 Å². The number of aliphatic imine (C=N–C) groups is 1. The summed E-state index contributed by atoms with van der Waals surface area (Å²) in [6.45, 7) is 5.02. The third-order valence-corrected chi connectivity index (χ3v) is 5.86. The highest BCUT2D eigenvalue weighted by atomic mass is 35.5. The Morgan fingerprint density at radius 2 is 2.19 bits per heavy atom. The number of hydrogen-bond acceptors (Lipinski definition) is 6. The van der Waals surface area contributed by atoms with Crippen molar-refractivity contribution in [1.29, 1.82) is 0 Å². The molecule has 0 saturated carbocycles. The lowest BCUT2D eigenvalue weighted by atomic mass is 9.90. The zero-order valence-corrected chi connectivity index (χ0v) is 16.4. The summed E-state index contributed by atoms with van der Waals surface area (Å²) < 4.78 is 4.97. The molecule has 27 heavy (non-hydrogen) atoms. The third-order valence-electron chi connectivity index (χ3n) is 5.63. The molecule has 3 heterocycles. The van der Waals surface area contributed by atoms with Gasteiger partial charge in [0.25, 0.3) is 0 Å². The van der Waals surface area contributed by atoms with Crippen molar-refractivity contribution >= 4 is 29.0 Å². The van der Waals surface area contributed by atoms with Gasteiger partial charge in [0.1, 0.15) is 11.5 Å². The van der Waals surface area contributed by atoms with Crippen LogP contribution < -0.4 is 10.6 Å². The number of fused-ring (bicyclic) bond motifs is 4. The molecule has 0 bridgehead atoms. The van der Waals surface area contributed by atoms with Gasteiger partial charge in [0.15, 0.2) is 0 Å². The normalized spacial score (nSPS) is 20.7. The van der Waals surface area contributed by atoms with Crippen molar-refractivity contribution < 1.29 is 9.53 Å². The number of amides is 1. The number of rotatable bonds is 5. The minimum atomic E-state index is -0.143. The van der Waals surface area contributed by atoms with Crippen molar-refractivity contribution in [3.63, 3.8) is 0 Å². The Labute approximate surface area is 164 Å². The van der Waals surface area contributed by atoms with Gasteiger partial charge in [-0.2, -0.15) is 0 Å². The number of carbonyl (C=O) groups excluding carboxylic acids is 1. The summed E-state index contributed by atoms with van der Waals surface area (Å²) in [7, 11) is 1.63. The first kappa shape index (κ1) is 18.5. The number of benzene rings is 1. The maximum atomic E-state index is 12.1. The molecule has 0 unspecified atom stereocenters. The van der Waals surface area contributed by atoms with Crippen LogP contribution in [0.4, 0.5) is 5.69 Å². The molecular weight excluding hydrogens is 366 g/mol. The van der Waals surface area contributed by atoms with Crippen LogP contribution in [0.15, 0.2) is 23.2 Å². The van der Waals surface area contributed by atoms with Gasteiger partial charge in [0.05, 0.1) is 19.7 Å². The number of anilines is 1. The molecule has 4 rings (SSSR count). The Kier molecular flexibility index (Phi) is 5.25. The number of likely N-dealkylation sites (tertiary alicyclic amines) is 1. The van der Waals surface area contributed by atoms with Crippen LogP contribution in [0.5, 0.6) is 0 Å². The average Bonchev–Trinajstić information content (AvgIpc) is 3.15. The largest absolute Gasteiger partial charge is 0.383 e. The van der Waals surface area contributed by atoms with Gasteiger partial charge in [-0.15, -0.1) is 0 Å². The molecule has 7 nitrogen and oxygen atoms in total. The lowest BCUT2D eigenvalue weighted by Gasteiger charge is -2.52. The molecular formula is C19H26ClN5O2. The Hall–Kier alpha value is -1.83. The van der Waals surface area contributed by atoms with Crippen molar-refractivity contribution in [1.82, 2.24) is 15.1 Å². The van der Waals surface area contributed by atoms with Gasteiger partial charge in [-0.1, -0.05) is 11.6 Å². The fourth-order valence-electron chi connectivity index (χ4n) is 4.25. The van der Waals surface area contributed by atoms with Gasteiger partial charge in [-0.25, -0.2) is 0 Å². The number of nitrogens with zero attached hydrogens (tertiary/aromatic N) is 3. The van der Waals surface area contributed by atoms with E-state index in [4.69, 9.17) is 21.3 Å². The minimum Gasteiger partial charge on any atom is -0.383 e. The first-order chi connectivity index (χ1) is 13.1. The van der Waals surface area contributed by atoms with Crippen molar-refractivity contribution in [2.45, 2.75) is 18.5 Å². The predicted molar refractivity (Wildman–Crippen MR) is 106 cm³/mol. The number of ether oxygens (including phenoxy) is 1. The van der Waals surface area contributed by atoms with E-state index in [9.17, 15) is 4.79 Å². The van der Waals surface area contributed by atoms with E-state index in [2.05, 4.69) is 20.4 Å². The molecule has 3 aliphatic rings. The van der Waals surface area contributed by atoms with Gasteiger partial charge in [0.2, 0.25) is 5.91 Å². The van der Waals surface area contributed by atoms with Crippen LogP contribution in [-0.4, -0.2) is 80.2 Å². The summed E-state index contributed by atoms with van der Waals surface area (Å²) in [5, 5.41) is 7.38. The Morgan fingerprint density at radius 3 is 2.96 bits per heavy atom. The predicted octanol–water partition coefficient (Wildman–Crippen LogP) is 1.38. The SMILES string of the molecule is COCCNC(=O)CN1CCC2(CC1)Nc1cc(Cl)ccc1C1=NCCN12. The number of halogens is 1. The smallest absolute Gasteiger partial charge is 0.234 e. The first-order valence-electron chi connectivity index (χ1n) is 9.49. The van der Waals surface area contributed by atoms with E-state index in [-0.39, 0.29) is 11.6 Å². The van der Waals surface area contributed by atoms with Crippen molar-refractivity contribution in [3.05, 3.63) is 28.8 Å². The van der Waals surface area contributed by atoms with E-state index < -0.39 is 0 Å². The second kappa shape index (κ2) is 7.66. The lowest BCUT2D eigenvalue weighted by molar-refractivity contribution is -0.123. The Morgan fingerprint density at radius 1 is 1.37 bits per heavy atom. The van der Waals surface area contributed by atoms with Gasteiger partial charge >= 0.3 is 0 Å². The summed E-state index contributed by atoms with van der Waals surface area (Å²) in [5.74, 6) is 1.13. The molecule has 146 valence electrons. The number of nitrogens with one attached hydrogen (secondary N) is 2. The highest BCUT2D eigenvalue weighted by Gasteiger charge is 2.46. The number of carbonyl (C=O) groups is 1. The van der Waals surface area contributed by atoms with Crippen LogP contribution in [0.2, 0.25) is 5.02 Å². The molecule has 0 aromatic heterocycles. The quantitative estimate of drug-likeness (QED) is 0.742. The second-order valence-electron chi connectivity index (χ2n) is 7.32.